The highest BCUT2D eigenvalue weighted by Crippen LogP contribution is 2.29. The zero-order chi connectivity index (χ0) is 20.9. The minimum absolute atomic E-state index is 0.0135. The van der Waals surface area contributed by atoms with Crippen LogP contribution in [-0.2, 0) is 11.2 Å². The highest BCUT2D eigenvalue weighted by molar-refractivity contribution is 6.07. The first-order chi connectivity index (χ1) is 14.7. The second-order valence-corrected chi connectivity index (χ2v) is 7.01. The number of hydrogen-bond donors (Lipinski definition) is 2. The summed E-state index contributed by atoms with van der Waals surface area (Å²) in [5.74, 6) is 0.408. The summed E-state index contributed by atoms with van der Waals surface area (Å²) >= 11 is 0. The van der Waals surface area contributed by atoms with Gasteiger partial charge in [0.05, 0.1) is 19.3 Å². The van der Waals surface area contributed by atoms with Crippen LogP contribution in [0.4, 0.5) is 17.1 Å². The third-order valence-corrected chi connectivity index (χ3v) is 5.10. The molecular weight excluding hydrogens is 378 g/mol. The molecule has 0 aliphatic carbocycles. The number of benzene rings is 3. The summed E-state index contributed by atoms with van der Waals surface area (Å²) in [6.45, 7) is 0.798. The van der Waals surface area contributed by atoms with Crippen LogP contribution in [0.1, 0.15) is 15.9 Å². The molecule has 6 nitrogen and oxygen atoms in total. The number of fused-ring (bicyclic) bond motifs is 1. The third kappa shape index (κ3) is 4.12. The minimum atomic E-state index is -0.187. The normalized spacial score (nSPS) is 12.2. The zero-order valence-electron chi connectivity index (χ0n) is 16.7. The molecule has 4 rings (SSSR count). The van der Waals surface area contributed by atoms with Crippen molar-refractivity contribution in [2.24, 2.45) is 0 Å². The van der Waals surface area contributed by atoms with Crippen LogP contribution in [0.2, 0.25) is 0 Å². The van der Waals surface area contributed by atoms with Gasteiger partial charge in [-0.3, -0.25) is 9.59 Å². The van der Waals surface area contributed by atoms with Gasteiger partial charge in [-0.25, -0.2) is 0 Å². The van der Waals surface area contributed by atoms with Crippen LogP contribution in [0.5, 0.6) is 5.75 Å². The van der Waals surface area contributed by atoms with E-state index in [1.165, 1.54) is 5.56 Å². The molecule has 30 heavy (non-hydrogen) atoms. The molecule has 0 unspecified atom stereocenters. The van der Waals surface area contributed by atoms with Gasteiger partial charge >= 0.3 is 0 Å². The maximum absolute atomic E-state index is 12.9. The molecule has 0 saturated carbocycles. The van der Waals surface area contributed by atoms with Gasteiger partial charge in [0.2, 0.25) is 5.91 Å². The van der Waals surface area contributed by atoms with Crippen molar-refractivity contribution in [1.29, 1.82) is 0 Å². The second-order valence-electron chi connectivity index (χ2n) is 7.01. The number of nitrogens with one attached hydrogen (secondary N) is 2. The molecule has 0 atom stereocenters. The number of carbonyl (C=O) groups is 2. The van der Waals surface area contributed by atoms with Crippen LogP contribution in [-0.4, -0.2) is 32.0 Å². The first-order valence-corrected chi connectivity index (χ1v) is 9.82. The molecule has 0 bridgehead atoms. The van der Waals surface area contributed by atoms with Crippen molar-refractivity contribution >= 4 is 28.9 Å². The standard InChI is InChI=1S/C24H23N3O3/c1-30-22-9-5-3-7-20(22)26-23(28)16-25-19-12-10-18(11-13-19)24(29)27-15-14-17-6-2-4-8-21(17)27/h2-13,25H,14-16H2,1H3,(H,26,28). The lowest BCUT2D eigenvalue weighted by Gasteiger charge is -2.17. The number of rotatable bonds is 6. The Hall–Kier alpha value is -3.80. The van der Waals surface area contributed by atoms with Gasteiger partial charge in [0, 0.05) is 23.5 Å². The van der Waals surface area contributed by atoms with E-state index in [2.05, 4.69) is 16.7 Å². The van der Waals surface area contributed by atoms with Gasteiger partial charge in [-0.2, -0.15) is 0 Å². The average molecular weight is 401 g/mol. The number of hydrogen-bond acceptors (Lipinski definition) is 4. The van der Waals surface area contributed by atoms with Gasteiger partial charge < -0.3 is 20.3 Å². The Bertz CT molecular complexity index is 1060. The number of methoxy groups -OCH3 is 1. The van der Waals surface area contributed by atoms with Gasteiger partial charge in [-0.1, -0.05) is 30.3 Å². The van der Waals surface area contributed by atoms with Crippen LogP contribution in [0.25, 0.3) is 0 Å². The Morgan fingerprint density at radius 3 is 2.50 bits per heavy atom. The van der Waals surface area contributed by atoms with Gasteiger partial charge in [-0.05, 0) is 54.4 Å². The van der Waals surface area contributed by atoms with Gasteiger partial charge in [0.25, 0.3) is 5.91 Å². The first kappa shape index (κ1) is 19.5. The lowest BCUT2D eigenvalue weighted by atomic mass is 10.1. The Morgan fingerprint density at radius 1 is 0.967 bits per heavy atom. The Labute approximate surface area is 175 Å². The van der Waals surface area contributed by atoms with Crippen LogP contribution in [0.15, 0.2) is 72.8 Å². The van der Waals surface area contributed by atoms with Gasteiger partial charge in [0.1, 0.15) is 5.75 Å². The maximum Gasteiger partial charge on any atom is 0.258 e. The van der Waals surface area contributed by atoms with E-state index in [4.69, 9.17) is 4.74 Å². The van der Waals surface area contributed by atoms with E-state index in [1.54, 1.807) is 31.4 Å². The molecule has 1 aliphatic rings. The predicted octanol–water partition coefficient (Wildman–Crippen LogP) is 3.95. The SMILES string of the molecule is COc1ccccc1NC(=O)CNc1ccc(C(=O)N2CCc3ccccc32)cc1. The van der Waals surface area contributed by atoms with Crippen molar-refractivity contribution in [2.75, 3.05) is 35.7 Å². The molecule has 2 N–H and O–H groups in total. The first-order valence-electron chi connectivity index (χ1n) is 9.82. The molecule has 6 heteroatoms. The fourth-order valence-electron chi connectivity index (χ4n) is 3.56. The summed E-state index contributed by atoms with van der Waals surface area (Å²) < 4.78 is 5.24. The molecule has 1 aliphatic heterocycles. The quantitative estimate of drug-likeness (QED) is 0.656. The Balaban J connectivity index is 1.35. The number of para-hydroxylation sites is 3. The lowest BCUT2D eigenvalue weighted by molar-refractivity contribution is -0.114. The summed E-state index contributed by atoms with van der Waals surface area (Å²) in [5.41, 5.74) is 4.20. The van der Waals surface area contributed by atoms with E-state index in [0.29, 0.717) is 23.5 Å². The van der Waals surface area contributed by atoms with E-state index < -0.39 is 0 Å². The Kier molecular flexibility index (Phi) is 5.66. The van der Waals surface area contributed by atoms with Crippen molar-refractivity contribution in [3.8, 4) is 5.75 Å². The molecule has 0 spiro atoms. The number of nitrogens with zero attached hydrogens (tertiary/aromatic N) is 1. The fraction of sp³-hybridized carbons (Fsp3) is 0.167. The number of carbonyl (C=O) groups excluding carboxylic acids is 2. The third-order valence-electron chi connectivity index (χ3n) is 5.10. The van der Waals surface area contributed by atoms with Crippen molar-refractivity contribution in [3.05, 3.63) is 83.9 Å². The molecule has 3 aromatic rings. The number of amides is 2. The zero-order valence-corrected chi connectivity index (χ0v) is 16.7. The number of ether oxygens (including phenoxy) is 1. The van der Waals surface area contributed by atoms with Crippen LogP contribution < -0.4 is 20.3 Å². The van der Waals surface area contributed by atoms with Crippen LogP contribution in [0, 0.1) is 0 Å². The van der Waals surface area contributed by atoms with E-state index in [-0.39, 0.29) is 18.4 Å². The molecule has 0 fully saturated rings. The van der Waals surface area contributed by atoms with Gasteiger partial charge in [-0.15, -0.1) is 0 Å². The lowest BCUT2D eigenvalue weighted by Crippen LogP contribution is -2.28. The smallest absolute Gasteiger partial charge is 0.258 e. The van der Waals surface area contributed by atoms with E-state index >= 15 is 0 Å². The van der Waals surface area contributed by atoms with Crippen molar-refractivity contribution in [1.82, 2.24) is 0 Å². The Morgan fingerprint density at radius 2 is 1.70 bits per heavy atom. The van der Waals surface area contributed by atoms with Gasteiger partial charge in [0.15, 0.2) is 0 Å². The average Bonchev–Trinajstić information content (AvgIpc) is 3.22. The monoisotopic (exact) mass is 401 g/mol. The van der Waals surface area contributed by atoms with Crippen molar-refractivity contribution in [2.45, 2.75) is 6.42 Å². The van der Waals surface area contributed by atoms with Crippen molar-refractivity contribution < 1.29 is 14.3 Å². The summed E-state index contributed by atoms with van der Waals surface area (Å²) in [6, 6.07) is 22.4. The van der Waals surface area contributed by atoms with E-state index in [0.717, 1.165) is 17.8 Å². The van der Waals surface area contributed by atoms with Crippen LogP contribution >= 0.6 is 0 Å². The molecule has 0 radical (unpaired) electrons. The maximum atomic E-state index is 12.9. The topological polar surface area (TPSA) is 70.7 Å². The number of anilines is 3. The molecule has 3 aromatic carbocycles. The summed E-state index contributed by atoms with van der Waals surface area (Å²) in [7, 11) is 1.56. The second kappa shape index (κ2) is 8.69. The van der Waals surface area contributed by atoms with E-state index in [9.17, 15) is 9.59 Å². The predicted molar refractivity (Wildman–Crippen MR) is 118 cm³/mol. The van der Waals surface area contributed by atoms with Crippen LogP contribution in [0.3, 0.4) is 0 Å². The highest BCUT2D eigenvalue weighted by Gasteiger charge is 2.24. The highest BCUT2D eigenvalue weighted by atomic mass is 16.5. The molecule has 0 aromatic heterocycles. The molecule has 1 heterocycles. The van der Waals surface area contributed by atoms with Crippen molar-refractivity contribution in [3.63, 3.8) is 0 Å². The molecule has 152 valence electrons. The molecule has 0 saturated heterocycles. The minimum Gasteiger partial charge on any atom is -0.495 e. The van der Waals surface area contributed by atoms with E-state index in [1.807, 2.05) is 47.4 Å². The summed E-state index contributed by atoms with van der Waals surface area (Å²) in [5, 5.41) is 5.90. The summed E-state index contributed by atoms with van der Waals surface area (Å²) in [6.07, 6.45) is 0.878. The summed E-state index contributed by atoms with van der Waals surface area (Å²) in [4.78, 5) is 26.9. The largest absolute Gasteiger partial charge is 0.495 e. The fourth-order valence-corrected chi connectivity index (χ4v) is 3.56. The molecular formula is C24H23N3O3. The molecule has 2 amide bonds.